The molecule has 1 aromatic rings. The number of nitrogens with zero attached hydrogens (tertiary/aromatic N) is 1. The van der Waals surface area contributed by atoms with Crippen molar-refractivity contribution in [1.29, 1.82) is 0 Å². The Morgan fingerprint density at radius 3 is 3.00 bits per heavy atom. The number of aryl methyl sites for hydroxylation is 1. The number of morpholine rings is 1. The highest BCUT2D eigenvalue weighted by Crippen LogP contribution is 2.15. The summed E-state index contributed by atoms with van der Waals surface area (Å²) in [7, 11) is 0. The first-order chi connectivity index (χ1) is 9.19. The van der Waals surface area contributed by atoms with E-state index in [1.54, 1.807) is 0 Å². The third kappa shape index (κ3) is 4.04. The molecule has 0 aromatic heterocycles. The highest BCUT2D eigenvalue weighted by Gasteiger charge is 2.19. The summed E-state index contributed by atoms with van der Waals surface area (Å²) < 4.78 is 5.47. The highest BCUT2D eigenvalue weighted by molar-refractivity contribution is 5.93. The largest absolute Gasteiger partial charge is 0.376 e. The lowest BCUT2D eigenvalue weighted by molar-refractivity contribution is -0.119. The SMILES string of the molecule is CCc1ccccc1NC(=O)CN1CCOC(C)C1. The van der Waals surface area contributed by atoms with Gasteiger partial charge in [0.1, 0.15) is 0 Å². The number of rotatable bonds is 4. The second-order valence-corrected chi connectivity index (χ2v) is 4.98. The number of hydrogen-bond donors (Lipinski definition) is 1. The van der Waals surface area contributed by atoms with Crippen molar-refractivity contribution in [3.05, 3.63) is 29.8 Å². The molecule has 19 heavy (non-hydrogen) atoms. The first kappa shape index (κ1) is 14.0. The van der Waals surface area contributed by atoms with Crippen LogP contribution in [0.15, 0.2) is 24.3 Å². The second-order valence-electron chi connectivity index (χ2n) is 4.98. The number of nitrogens with one attached hydrogen (secondary N) is 1. The van der Waals surface area contributed by atoms with Crippen molar-refractivity contribution in [1.82, 2.24) is 4.90 Å². The van der Waals surface area contributed by atoms with E-state index >= 15 is 0 Å². The zero-order chi connectivity index (χ0) is 13.7. The molecule has 1 fully saturated rings. The Labute approximate surface area is 114 Å². The van der Waals surface area contributed by atoms with Gasteiger partial charge in [0.05, 0.1) is 19.3 Å². The van der Waals surface area contributed by atoms with E-state index in [9.17, 15) is 4.79 Å². The maximum Gasteiger partial charge on any atom is 0.238 e. The standard InChI is InChI=1S/C15H22N2O2/c1-3-13-6-4-5-7-14(13)16-15(18)11-17-8-9-19-12(2)10-17/h4-7,12H,3,8-11H2,1-2H3,(H,16,18). The van der Waals surface area contributed by atoms with Crippen molar-refractivity contribution < 1.29 is 9.53 Å². The van der Waals surface area contributed by atoms with Gasteiger partial charge in [-0.25, -0.2) is 0 Å². The lowest BCUT2D eigenvalue weighted by Crippen LogP contribution is -2.44. The Morgan fingerprint density at radius 1 is 1.47 bits per heavy atom. The molecule has 1 aliphatic rings. The van der Waals surface area contributed by atoms with Gasteiger partial charge < -0.3 is 10.1 Å². The predicted molar refractivity (Wildman–Crippen MR) is 76.3 cm³/mol. The van der Waals surface area contributed by atoms with E-state index in [1.807, 2.05) is 31.2 Å². The van der Waals surface area contributed by atoms with Crippen molar-refractivity contribution in [3.8, 4) is 0 Å². The first-order valence-electron chi connectivity index (χ1n) is 6.90. The fourth-order valence-corrected chi connectivity index (χ4v) is 2.38. The molecule has 1 heterocycles. The number of carbonyl (C=O) groups is 1. The molecule has 0 radical (unpaired) electrons. The molecule has 4 nitrogen and oxygen atoms in total. The highest BCUT2D eigenvalue weighted by atomic mass is 16.5. The number of anilines is 1. The molecule has 1 N–H and O–H groups in total. The van der Waals surface area contributed by atoms with E-state index in [2.05, 4.69) is 17.1 Å². The molecular formula is C15H22N2O2. The van der Waals surface area contributed by atoms with Gasteiger partial charge in [-0.2, -0.15) is 0 Å². The number of amides is 1. The van der Waals surface area contributed by atoms with E-state index in [1.165, 1.54) is 5.56 Å². The summed E-state index contributed by atoms with van der Waals surface area (Å²) in [6.45, 7) is 6.92. The van der Waals surface area contributed by atoms with Crippen LogP contribution >= 0.6 is 0 Å². The molecule has 0 aliphatic carbocycles. The molecule has 1 amide bonds. The maximum absolute atomic E-state index is 12.1. The van der Waals surface area contributed by atoms with Gasteiger partial charge in [0.2, 0.25) is 5.91 Å². The lowest BCUT2D eigenvalue weighted by Gasteiger charge is -2.30. The van der Waals surface area contributed by atoms with Gasteiger partial charge in [-0.1, -0.05) is 25.1 Å². The summed E-state index contributed by atoms with van der Waals surface area (Å²) in [5.74, 6) is 0.0509. The van der Waals surface area contributed by atoms with Gasteiger partial charge in [0, 0.05) is 18.8 Å². The summed E-state index contributed by atoms with van der Waals surface area (Å²) >= 11 is 0. The third-order valence-electron chi connectivity index (χ3n) is 3.36. The van der Waals surface area contributed by atoms with Crippen LogP contribution in [0.3, 0.4) is 0 Å². The number of carbonyl (C=O) groups excluding carboxylic acids is 1. The van der Waals surface area contributed by atoms with Crippen LogP contribution in [0.25, 0.3) is 0 Å². The molecule has 1 atom stereocenters. The van der Waals surface area contributed by atoms with Gasteiger partial charge in [0.15, 0.2) is 0 Å². The number of hydrogen-bond acceptors (Lipinski definition) is 3. The molecule has 4 heteroatoms. The second kappa shape index (κ2) is 6.68. The molecule has 0 spiro atoms. The smallest absolute Gasteiger partial charge is 0.238 e. The van der Waals surface area contributed by atoms with E-state index in [4.69, 9.17) is 4.74 Å². The van der Waals surface area contributed by atoms with E-state index in [0.717, 1.165) is 25.2 Å². The zero-order valence-electron chi connectivity index (χ0n) is 11.7. The minimum atomic E-state index is 0.0509. The fourth-order valence-electron chi connectivity index (χ4n) is 2.38. The van der Waals surface area contributed by atoms with E-state index < -0.39 is 0 Å². The van der Waals surface area contributed by atoms with Gasteiger partial charge >= 0.3 is 0 Å². The topological polar surface area (TPSA) is 41.6 Å². The molecule has 104 valence electrons. The van der Waals surface area contributed by atoms with Crippen LogP contribution in [-0.4, -0.2) is 43.2 Å². The van der Waals surface area contributed by atoms with Crippen molar-refractivity contribution in [2.24, 2.45) is 0 Å². The summed E-state index contributed by atoms with van der Waals surface area (Å²) in [5, 5.41) is 3.00. The minimum Gasteiger partial charge on any atom is -0.376 e. The number of para-hydroxylation sites is 1. The van der Waals surface area contributed by atoms with E-state index in [0.29, 0.717) is 13.2 Å². The average molecular weight is 262 g/mol. The van der Waals surface area contributed by atoms with Crippen LogP contribution in [0.1, 0.15) is 19.4 Å². The van der Waals surface area contributed by atoms with Crippen molar-refractivity contribution in [3.63, 3.8) is 0 Å². The normalized spacial score (nSPS) is 20.2. The molecule has 1 unspecified atom stereocenters. The van der Waals surface area contributed by atoms with Crippen molar-refractivity contribution in [2.75, 3.05) is 31.6 Å². The Hall–Kier alpha value is -1.39. The van der Waals surface area contributed by atoms with Crippen LogP contribution in [0, 0.1) is 0 Å². The molecule has 2 rings (SSSR count). The quantitative estimate of drug-likeness (QED) is 0.901. The molecule has 1 saturated heterocycles. The monoisotopic (exact) mass is 262 g/mol. The summed E-state index contributed by atoms with van der Waals surface area (Å²) in [6.07, 6.45) is 1.13. The number of ether oxygens (including phenoxy) is 1. The van der Waals surface area contributed by atoms with Gasteiger partial charge in [0.25, 0.3) is 0 Å². The fraction of sp³-hybridized carbons (Fsp3) is 0.533. The van der Waals surface area contributed by atoms with Crippen LogP contribution in [0.5, 0.6) is 0 Å². The molecular weight excluding hydrogens is 240 g/mol. The van der Waals surface area contributed by atoms with Gasteiger partial charge in [-0.3, -0.25) is 9.69 Å². The maximum atomic E-state index is 12.1. The Balaban J connectivity index is 1.90. The molecule has 1 aliphatic heterocycles. The van der Waals surface area contributed by atoms with Crippen LogP contribution < -0.4 is 5.32 Å². The van der Waals surface area contributed by atoms with Gasteiger partial charge in [-0.15, -0.1) is 0 Å². The Bertz CT molecular complexity index is 434. The lowest BCUT2D eigenvalue weighted by atomic mass is 10.1. The van der Waals surface area contributed by atoms with Crippen molar-refractivity contribution in [2.45, 2.75) is 26.4 Å². The van der Waals surface area contributed by atoms with Crippen LogP contribution in [0.2, 0.25) is 0 Å². The average Bonchev–Trinajstić information content (AvgIpc) is 2.39. The Kier molecular flexibility index (Phi) is 4.93. The van der Waals surface area contributed by atoms with E-state index in [-0.39, 0.29) is 12.0 Å². The summed E-state index contributed by atoms with van der Waals surface area (Å²) in [4.78, 5) is 14.2. The third-order valence-corrected chi connectivity index (χ3v) is 3.36. The number of benzene rings is 1. The van der Waals surface area contributed by atoms with Crippen LogP contribution in [0.4, 0.5) is 5.69 Å². The van der Waals surface area contributed by atoms with Crippen LogP contribution in [-0.2, 0) is 16.0 Å². The zero-order valence-corrected chi connectivity index (χ0v) is 11.7. The summed E-state index contributed by atoms with van der Waals surface area (Å²) in [5.41, 5.74) is 2.10. The predicted octanol–water partition coefficient (Wildman–Crippen LogP) is 1.91. The first-order valence-corrected chi connectivity index (χ1v) is 6.90. The minimum absolute atomic E-state index is 0.0509. The molecule has 0 saturated carbocycles. The Morgan fingerprint density at radius 2 is 2.26 bits per heavy atom. The molecule has 0 bridgehead atoms. The molecule has 1 aromatic carbocycles. The van der Waals surface area contributed by atoms with Crippen molar-refractivity contribution >= 4 is 11.6 Å². The summed E-state index contributed by atoms with van der Waals surface area (Å²) in [6, 6.07) is 7.95. The van der Waals surface area contributed by atoms with Gasteiger partial charge in [-0.05, 0) is 25.0 Å².